The molecule has 0 atom stereocenters. The van der Waals surface area contributed by atoms with Crippen molar-refractivity contribution >= 4 is 23.1 Å². The summed E-state index contributed by atoms with van der Waals surface area (Å²) in [5.74, 6) is 1.85. The molecule has 0 N–H and O–H groups in total. The van der Waals surface area contributed by atoms with E-state index in [4.69, 9.17) is 4.98 Å². The van der Waals surface area contributed by atoms with Crippen molar-refractivity contribution in [3.05, 3.63) is 71.4 Å². The molecule has 0 unspecified atom stereocenters. The van der Waals surface area contributed by atoms with Gasteiger partial charge >= 0.3 is 0 Å². The standard InChI is InChI=1S/C25H29N5/c1-19-7-5-11-22(20(19)2)28-15-17-29(18-16-28)24-12-13-26-25(27-24)30-14-6-9-21-8-3-4-10-23(21)30/h3-5,7-8,10-13H,6,9,14-18H2,1-2H3. The minimum atomic E-state index is 0.816. The van der Waals surface area contributed by atoms with Crippen LogP contribution in [0.15, 0.2) is 54.7 Å². The van der Waals surface area contributed by atoms with Crippen LogP contribution in [0.2, 0.25) is 0 Å². The fraction of sp³-hybridized carbons (Fsp3) is 0.360. The predicted molar refractivity (Wildman–Crippen MR) is 124 cm³/mol. The molecule has 154 valence electrons. The van der Waals surface area contributed by atoms with Crippen molar-refractivity contribution < 1.29 is 0 Å². The van der Waals surface area contributed by atoms with Crippen molar-refractivity contribution in [1.82, 2.24) is 9.97 Å². The van der Waals surface area contributed by atoms with Gasteiger partial charge in [0.05, 0.1) is 0 Å². The van der Waals surface area contributed by atoms with Crippen LogP contribution in [0, 0.1) is 13.8 Å². The number of anilines is 4. The number of rotatable bonds is 3. The molecule has 0 amide bonds. The van der Waals surface area contributed by atoms with Gasteiger partial charge in [0.15, 0.2) is 0 Å². The molecule has 0 saturated carbocycles. The Morgan fingerprint density at radius 3 is 2.40 bits per heavy atom. The van der Waals surface area contributed by atoms with Crippen LogP contribution in [0.1, 0.15) is 23.1 Å². The number of aromatic nitrogens is 2. The molecule has 1 saturated heterocycles. The van der Waals surface area contributed by atoms with Gasteiger partial charge in [-0.05, 0) is 61.6 Å². The maximum absolute atomic E-state index is 4.97. The molecule has 5 nitrogen and oxygen atoms in total. The van der Waals surface area contributed by atoms with Gasteiger partial charge in [-0.3, -0.25) is 0 Å². The fourth-order valence-corrected chi connectivity index (χ4v) is 4.64. The second kappa shape index (κ2) is 7.98. The van der Waals surface area contributed by atoms with E-state index in [1.165, 1.54) is 28.1 Å². The lowest BCUT2D eigenvalue weighted by Gasteiger charge is -2.38. The van der Waals surface area contributed by atoms with Gasteiger partial charge in [0.25, 0.3) is 0 Å². The van der Waals surface area contributed by atoms with Crippen LogP contribution in [0.5, 0.6) is 0 Å². The Bertz CT molecular complexity index is 1040. The molecule has 3 aromatic rings. The summed E-state index contributed by atoms with van der Waals surface area (Å²) in [6.45, 7) is 9.36. The normalized spacial score (nSPS) is 16.5. The van der Waals surface area contributed by atoms with E-state index < -0.39 is 0 Å². The zero-order chi connectivity index (χ0) is 20.5. The Balaban J connectivity index is 1.33. The topological polar surface area (TPSA) is 35.5 Å². The van der Waals surface area contributed by atoms with Gasteiger partial charge in [-0.25, -0.2) is 4.98 Å². The molecule has 0 spiro atoms. The molecule has 3 heterocycles. The number of nitrogens with zero attached hydrogens (tertiary/aromatic N) is 5. The Morgan fingerprint density at radius 1 is 0.767 bits per heavy atom. The zero-order valence-electron chi connectivity index (χ0n) is 17.9. The minimum Gasteiger partial charge on any atom is -0.368 e. The number of hydrogen-bond donors (Lipinski definition) is 0. The van der Waals surface area contributed by atoms with Crippen molar-refractivity contribution in [2.45, 2.75) is 26.7 Å². The Hall–Kier alpha value is -3.08. The summed E-state index contributed by atoms with van der Waals surface area (Å²) in [5.41, 5.74) is 6.75. The lowest BCUT2D eigenvalue weighted by atomic mass is 10.0. The highest BCUT2D eigenvalue weighted by molar-refractivity contribution is 5.64. The smallest absolute Gasteiger partial charge is 0.231 e. The molecule has 30 heavy (non-hydrogen) atoms. The quantitative estimate of drug-likeness (QED) is 0.648. The summed E-state index contributed by atoms with van der Waals surface area (Å²) in [6.07, 6.45) is 4.18. The minimum absolute atomic E-state index is 0.816. The van der Waals surface area contributed by atoms with E-state index in [-0.39, 0.29) is 0 Å². The molecule has 2 aliphatic heterocycles. The highest BCUT2D eigenvalue weighted by atomic mass is 15.3. The summed E-state index contributed by atoms with van der Waals surface area (Å²) >= 11 is 0. The number of piperazine rings is 1. The lowest BCUT2D eigenvalue weighted by Crippen LogP contribution is -2.47. The van der Waals surface area contributed by atoms with Crippen LogP contribution in [-0.2, 0) is 6.42 Å². The van der Waals surface area contributed by atoms with Crippen LogP contribution in [0.25, 0.3) is 0 Å². The first-order valence-corrected chi connectivity index (χ1v) is 11.0. The largest absolute Gasteiger partial charge is 0.368 e. The molecule has 5 rings (SSSR count). The van der Waals surface area contributed by atoms with Gasteiger partial charge < -0.3 is 14.7 Å². The second-order valence-corrected chi connectivity index (χ2v) is 8.29. The second-order valence-electron chi connectivity index (χ2n) is 8.29. The van der Waals surface area contributed by atoms with Crippen molar-refractivity contribution in [2.75, 3.05) is 47.4 Å². The fourth-order valence-electron chi connectivity index (χ4n) is 4.64. The number of benzene rings is 2. The number of hydrogen-bond acceptors (Lipinski definition) is 5. The van der Waals surface area contributed by atoms with Crippen molar-refractivity contribution in [2.24, 2.45) is 0 Å². The van der Waals surface area contributed by atoms with E-state index >= 15 is 0 Å². The van der Waals surface area contributed by atoms with Gasteiger partial charge in [-0.2, -0.15) is 4.98 Å². The summed E-state index contributed by atoms with van der Waals surface area (Å²) in [5, 5.41) is 0. The SMILES string of the molecule is Cc1cccc(N2CCN(c3ccnc(N4CCCc5ccccc54)n3)CC2)c1C. The molecule has 2 aromatic carbocycles. The highest BCUT2D eigenvalue weighted by Crippen LogP contribution is 2.32. The van der Waals surface area contributed by atoms with E-state index in [0.717, 1.165) is 57.3 Å². The molecule has 2 aliphatic rings. The molecule has 0 radical (unpaired) electrons. The van der Waals surface area contributed by atoms with Crippen molar-refractivity contribution in [1.29, 1.82) is 0 Å². The van der Waals surface area contributed by atoms with Gasteiger partial charge in [0.2, 0.25) is 5.95 Å². The third-order valence-electron chi connectivity index (χ3n) is 6.50. The Labute approximate surface area is 179 Å². The van der Waals surface area contributed by atoms with Crippen molar-refractivity contribution in [3.63, 3.8) is 0 Å². The van der Waals surface area contributed by atoms with E-state index in [0.29, 0.717) is 0 Å². The van der Waals surface area contributed by atoms with Crippen LogP contribution in [0.3, 0.4) is 0 Å². The van der Waals surface area contributed by atoms with Crippen LogP contribution < -0.4 is 14.7 Å². The van der Waals surface area contributed by atoms with E-state index in [9.17, 15) is 0 Å². The first-order valence-electron chi connectivity index (χ1n) is 11.0. The van der Waals surface area contributed by atoms with E-state index in [1.807, 2.05) is 12.3 Å². The molecular formula is C25H29N5. The molecule has 1 aromatic heterocycles. The average Bonchev–Trinajstić information content (AvgIpc) is 2.81. The Morgan fingerprint density at radius 2 is 1.53 bits per heavy atom. The number of para-hydroxylation sites is 1. The molecule has 0 bridgehead atoms. The monoisotopic (exact) mass is 399 g/mol. The van der Waals surface area contributed by atoms with Crippen LogP contribution >= 0.6 is 0 Å². The highest BCUT2D eigenvalue weighted by Gasteiger charge is 2.23. The first kappa shape index (κ1) is 18.9. The summed E-state index contributed by atoms with van der Waals surface area (Å²) in [7, 11) is 0. The molecular weight excluding hydrogens is 370 g/mol. The summed E-state index contributed by atoms with van der Waals surface area (Å²) < 4.78 is 0. The predicted octanol–water partition coefficient (Wildman–Crippen LogP) is 4.50. The van der Waals surface area contributed by atoms with Gasteiger partial charge in [0.1, 0.15) is 5.82 Å². The number of fused-ring (bicyclic) bond motifs is 1. The molecule has 1 fully saturated rings. The van der Waals surface area contributed by atoms with Gasteiger partial charge in [-0.1, -0.05) is 30.3 Å². The van der Waals surface area contributed by atoms with E-state index in [2.05, 4.69) is 76.0 Å². The zero-order valence-corrected chi connectivity index (χ0v) is 17.9. The Kier molecular flexibility index (Phi) is 5.03. The molecule has 0 aliphatic carbocycles. The maximum atomic E-state index is 4.97. The van der Waals surface area contributed by atoms with E-state index in [1.54, 1.807) is 0 Å². The number of aryl methyl sites for hydroxylation is 2. The lowest BCUT2D eigenvalue weighted by molar-refractivity contribution is 0.644. The van der Waals surface area contributed by atoms with Crippen molar-refractivity contribution in [3.8, 4) is 0 Å². The summed E-state index contributed by atoms with van der Waals surface area (Å²) in [4.78, 5) is 16.8. The van der Waals surface area contributed by atoms with Gasteiger partial charge in [0, 0.05) is 50.3 Å². The van der Waals surface area contributed by atoms with Crippen LogP contribution in [-0.4, -0.2) is 42.7 Å². The van der Waals surface area contributed by atoms with Gasteiger partial charge in [-0.15, -0.1) is 0 Å². The van der Waals surface area contributed by atoms with Crippen LogP contribution in [0.4, 0.5) is 23.1 Å². The third-order valence-corrected chi connectivity index (χ3v) is 6.50. The summed E-state index contributed by atoms with van der Waals surface area (Å²) in [6, 6.07) is 17.3. The maximum Gasteiger partial charge on any atom is 0.231 e. The average molecular weight is 400 g/mol. The molecule has 5 heteroatoms. The third kappa shape index (κ3) is 3.49. The first-order chi connectivity index (χ1) is 14.7.